The summed E-state index contributed by atoms with van der Waals surface area (Å²) in [5.41, 5.74) is 0. The molecule has 1 aliphatic heterocycles. The molecular weight excluding hydrogens is 152 g/mol. The van der Waals surface area contributed by atoms with Gasteiger partial charge < -0.3 is 0 Å². The molecule has 0 atom stereocenters. The van der Waals surface area contributed by atoms with E-state index in [4.69, 9.17) is 0 Å². The summed E-state index contributed by atoms with van der Waals surface area (Å²) in [5.74, 6) is 2.35. The van der Waals surface area contributed by atoms with Gasteiger partial charge in [0.25, 0.3) is 0 Å². The van der Waals surface area contributed by atoms with Gasteiger partial charge in [-0.05, 0) is 24.0 Å². The second-order valence-corrected chi connectivity index (χ2v) is 4.20. The molecular formula is C6H8OS2. The topological polar surface area (TPSA) is 17.1 Å². The third-order valence-electron chi connectivity index (χ3n) is 0.981. The summed E-state index contributed by atoms with van der Waals surface area (Å²) in [7, 11) is 0. The number of hydrogen-bond acceptors (Lipinski definition) is 3. The highest BCUT2D eigenvalue weighted by atomic mass is 32.2. The SMILES string of the molecule is O=CC=C1SCCCS1. The first kappa shape index (κ1) is 7.22. The minimum atomic E-state index is 0.862. The summed E-state index contributed by atoms with van der Waals surface area (Å²) in [4.78, 5) is 9.97. The van der Waals surface area contributed by atoms with Gasteiger partial charge in [0.2, 0.25) is 0 Å². The van der Waals surface area contributed by atoms with Crippen molar-refractivity contribution in [1.82, 2.24) is 0 Å². The monoisotopic (exact) mass is 160 g/mol. The van der Waals surface area contributed by atoms with Crippen molar-refractivity contribution in [3.63, 3.8) is 0 Å². The molecule has 0 N–H and O–H groups in total. The lowest BCUT2D eigenvalue weighted by atomic mass is 10.6. The highest BCUT2D eigenvalue weighted by Crippen LogP contribution is 2.33. The average molecular weight is 160 g/mol. The summed E-state index contributed by atoms with van der Waals surface area (Å²) < 4.78 is 1.18. The molecule has 0 amide bonds. The van der Waals surface area contributed by atoms with Gasteiger partial charge in [-0.1, -0.05) is 0 Å². The van der Waals surface area contributed by atoms with Gasteiger partial charge in [-0.2, -0.15) is 0 Å². The average Bonchev–Trinajstić information content (AvgIpc) is 1.91. The molecule has 0 aromatic rings. The van der Waals surface area contributed by atoms with E-state index >= 15 is 0 Å². The number of thioether (sulfide) groups is 2. The van der Waals surface area contributed by atoms with Crippen LogP contribution >= 0.6 is 23.5 Å². The van der Waals surface area contributed by atoms with Crippen LogP contribution in [0.25, 0.3) is 0 Å². The Morgan fingerprint density at radius 1 is 1.33 bits per heavy atom. The molecule has 0 spiro atoms. The predicted molar refractivity (Wildman–Crippen MR) is 43.7 cm³/mol. The largest absolute Gasteiger partial charge is 0.298 e. The van der Waals surface area contributed by atoms with Gasteiger partial charge in [-0.15, -0.1) is 23.5 Å². The number of carbonyl (C=O) groups excluding carboxylic acids is 1. The predicted octanol–water partition coefficient (Wildman–Crippen LogP) is 1.90. The maximum atomic E-state index is 9.97. The van der Waals surface area contributed by atoms with E-state index in [1.807, 2.05) is 0 Å². The fourth-order valence-corrected chi connectivity index (χ4v) is 2.90. The van der Waals surface area contributed by atoms with Crippen molar-refractivity contribution in [3.05, 3.63) is 10.3 Å². The number of rotatable bonds is 1. The Morgan fingerprint density at radius 3 is 2.56 bits per heavy atom. The summed E-state index contributed by atoms with van der Waals surface area (Å²) in [6, 6.07) is 0. The maximum Gasteiger partial charge on any atom is 0.144 e. The Morgan fingerprint density at radius 2 is 2.00 bits per heavy atom. The normalized spacial score (nSPS) is 19.3. The number of carbonyl (C=O) groups is 1. The van der Waals surface area contributed by atoms with E-state index in [2.05, 4.69) is 0 Å². The van der Waals surface area contributed by atoms with Crippen LogP contribution in [0.4, 0.5) is 0 Å². The maximum absolute atomic E-state index is 9.97. The Kier molecular flexibility index (Phi) is 3.22. The van der Waals surface area contributed by atoms with E-state index in [0.717, 1.165) is 6.29 Å². The third-order valence-corrected chi connectivity index (χ3v) is 3.52. The summed E-state index contributed by atoms with van der Waals surface area (Å²) in [6.07, 6.45) is 3.78. The third kappa shape index (κ3) is 2.45. The molecule has 3 heteroatoms. The molecule has 0 saturated carbocycles. The first-order chi connectivity index (χ1) is 4.43. The molecule has 1 saturated heterocycles. The molecule has 0 aromatic heterocycles. The lowest BCUT2D eigenvalue weighted by Crippen LogP contribution is -1.91. The van der Waals surface area contributed by atoms with Crippen molar-refractivity contribution >= 4 is 29.8 Å². The van der Waals surface area contributed by atoms with Crippen molar-refractivity contribution in [2.24, 2.45) is 0 Å². The van der Waals surface area contributed by atoms with Crippen molar-refractivity contribution in [3.8, 4) is 0 Å². The molecule has 0 unspecified atom stereocenters. The van der Waals surface area contributed by atoms with E-state index in [-0.39, 0.29) is 0 Å². The van der Waals surface area contributed by atoms with Gasteiger partial charge in [-0.25, -0.2) is 0 Å². The zero-order chi connectivity index (χ0) is 6.53. The molecule has 50 valence electrons. The van der Waals surface area contributed by atoms with Crippen LogP contribution in [0.5, 0.6) is 0 Å². The van der Waals surface area contributed by atoms with Gasteiger partial charge in [0.05, 0.1) is 0 Å². The minimum absolute atomic E-state index is 0.862. The molecule has 1 heterocycles. The zero-order valence-electron chi connectivity index (χ0n) is 5.00. The summed E-state index contributed by atoms with van der Waals surface area (Å²) in [6.45, 7) is 0. The Bertz CT molecular complexity index is 123. The summed E-state index contributed by atoms with van der Waals surface area (Å²) in [5, 5.41) is 0. The Hall–Kier alpha value is 0.110. The van der Waals surface area contributed by atoms with Crippen LogP contribution in [-0.2, 0) is 4.79 Å². The number of aldehydes is 1. The second-order valence-electron chi connectivity index (χ2n) is 1.67. The van der Waals surface area contributed by atoms with Crippen LogP contribution < -0.4 is 0 Å². The van der Waals surface area contributed by atoms with Crippen molar-refractivity contribution in [1.29, 1.82) is 0 Å². The van der Waals surface area contributed by atoms with E-state index in [9.17, 15) is 4.79 Å². The van der Waals surface area contributed by atoms with Crippen molar-refractivity contribution < 1.29 is 4.79 Å². The van der Waals surface area contributed by atoms with E-state index < -0.39 is 0 Å². The summed E-state index contributed by atoms with van der Waals surface area (Å²) >= 11 is 3.56. The molecule has 0 aliphatic carbocycles. The van der Waals surface area contributed by atoms with Gasteiger partial charge in [0, 0.05) is 4.24 Å². The fraction of sp³-hybridized carbons (Fsp3) is 0.500. The van der Waals surface area contributed by atoms with Crippen LogP contribution in [0.3, 0.4) is 0 Å². The molecule has 0 bridgehead atoms. The molecule has 1 rings (SSSR count). The standard InChI is InChI=1S/C6H8OS2/c7-3-2-6-8-4-1-5-9-6/h2-3H,1,4-5H2. The fourth-order valence-electron chi connectivity index (χ4n) is 0.598. The molecule has 0 radical (unpaired) electrons. The lowest BCUT2D eigenvalue weighted by molar-refractivity contribution is -0.104. The first-order valence-electron chi connectivity index (χ1n) is 2.84. The van der Waals surface area contributed by atoms with Crippen LogP contribution in [0.2, 0.25) is 0 Å². The highest BCUT2D eigenvalue weighted by molar-refractivity contribution is 8.22. The van der Waals surface area contributed by atoms with Crippen LogP contribution in [0.15, 0.2) is 10.3 Å². The number of allylic oxidation sites excluding steroid dienone is 1. The molecule has 1 nitrogen and oxygen atoms in total. The Balaban J connectivity index is 2.39. The van der Waals surface area contributed by atoms with E-state index in [1.165, 1.54) is 22.2 Å². The zero-order valence-corrected chi connectivity index (χ0v) is 6.63. The van der Waals surface area contributed by atoms with Gasteiger partial charge in [0.15, 0.2) is 0 Å². The number of hydrogen-bond donors (Lipinski definition) is 0. The van der Waals surface area contributed by atoms with Crippen LogP contribution in [0, 0.1) is 0 Å². The second kappa shape index (κ2) is 4.01. The quantitative estimate of drug-likeness (QED) is 0.431. The highest BCUT2D eigenvalue weighted by Gasteiger charge is 2.04. The lowest BCUT2D eigenvalue weighted by Gasteiger charge is -2.10. The van der Waals surface area contributed by atoms with Gasteiger partial charge in [0.1, 0.15) is 6.29 Å². The van der Waals surface area contributed by atoms with Crippen molar-refractivity contribution in [2.75, 3.05) is 11.5 Å². The van der Waals surface area contributed by atoms with Crippen LogP contribution in [-0.4, -0.2) is 17.8 Å². The van der Waals surface area contributed by atoms with Crippen molar-refractivity contribution in [2.45, 2.75) is 6.42 Å². The Labute approximate surface area is 63.3 Å². The van der Waals surface area contributed by atoms with E-state index in [0.29, 0.717) is 0 Å². The molecule has 1 fully saturated rings. The van der Waals surface area contributed by atoms with E-state index in [1.54, 1.807) is 29.6 Å². The minimum Gasteiger partial charge on any atom is -0.298 e. The molecule has 0 aromatic carbocycles. The molecule has 1 aliphatic rings. The van der Waals surface area contributed by atoms with Gasteiger partial charge in [-0.3, -0.25) is 4.79 Å². The first-order valence-corrected chi connectivity index (χ1v) is 4.81. The van der Waals surface area contributed by atoms with Gasteiger partial charge >= 0.3 is 0 Å². The smallest absolute Gasteiger partial charge is 0.144 e. The van der Waals surface area contributed by atoms with Crippen LogP contribution in [0.1, 0.15) is 6.42 Å². The molecule has 9 heavy (non-hydrogen) atoms.